The molecule has 3 heteroatoms. The third-order valence-electron chi connectivity index (χ3n) is 3.77. The summed E-state index contributed by atoms with van der Waals surface area (Å²) in [5.74, 6) is -0.299. The monoisotopic (exact) mass is 323 g/mol. The molecule has 0 aromatic carbocycles. The maximum Gasteiger partial charge on any atom is 0.319 e. The average Bonchev–Trinajstić information content (AvgIpc) is 2.57. The molecule has 0 aliphatic heterocycles. The van der Waals surface area contributed by atoms with Crippen LogP contribution in [0.15, 0.2) is 24.3 Å². The Balaban J connectivity index is 3.17. The number of carbonyl (C=O) groups is 1. The molecule has 0 bridgehead atoms. The highest BCUT2D eigenvalue weighted by molar-refractivity contribution is 5.71. The van der Waals surface area contributed by atoms with E-state index in [4.69, 9.17) is 10.5 Å². The Hall–Kier alpha value is -1.09. The molecule has 0 radical (unpaired) electrons. The van der Waals surface area contributed by atoms with Crippen molar-refractivity contribution in [3.63, 3.8) is 0 Å². The average molecular weight is 324 g/mol. The highest BCUT2D eigenvalue weighted by atomic mass is 16.5. The fourth-order valence-electron chi connectivity index (χ4n) is 2.34. The highest BCUT2D eigenvalue weighted by Gasteiger charge is 1.97. The third-order valence-corrected chi connectivity index (χ3v) is 3.77. The summed E-state index contributed by atoms with van der Waals surface area (Å²) < 4.78 is 4.93. The van der Waals surface area contributed by atoms with Crippen LogP contribution in [0.5, 0.6) is 0 Å². The van der Waals surface area contributed by atoms with Gasteiger partial charge in [-0.05, 0) is 38.5 Å². The largest absolute Gasteiger partial charge is 0.465 e. The maximum absolute atomic E-state index is 10.8. The molecule has 0 heterocycles. The van der Waals surface area contributed by atoms with Crippen molar-refractivity contribution in [2.45, 2.75) is 84.0 Å². The van der Waals surface area contributed by atoms with Gasteiger partial charge in [0, 0.05) is 0 Å². The van der Waals surface area contributed by atoms with E-state index in [9.17, 15) is 4.79 Å². The van der Waals surface area contributed by atoms with Crippen LogP contribution in [0.25, 0.3) is 0 Å². The summed E-state index contributed by atoms with van der Waals surface area (Å²) in [5, 5.41) is 0. The zero-order valence-electron chi connectivity index (χ0n) is 15.1. The molecule has 0 aromatic heterocycles. The molecule has 0 rings (SSSR count). The van der Waals surface area contributed by atoms with Gasteiger partial charge in [0.25, 0.3) is 0 Å². The Morgan fingerprint density at radius 3 is 2.00 bits per heavy atom. The van der Waals surface area contributed by atoms with Gasteiger partial charge in [-0.1, -0.05) is 69.8 Å². The first kappa shape index (κ1) is 21.9. The van der Waals surface area contributed by atoms with E-state index >= 15 is 0 Å². The molecule has 0 aliphatic rings. The molecular formula is C20H37NO2. The van der Waals surface area contributed by atoms with Crippen LogP contribution >= 0.6 is 0 Å². The Bertz CT molecular complexity index is 311. The topological polar surface area (TPSA) is 52.3 Å². The lowest BCUT2D eigenvalue weighted by Gasteiger charge is -2.03. The van der Waals surface area contributed by atoms with Gasteiger partial charge in [-0.2, -0.15) is 0 Å². The number of esters is 1. The zero-order valence-corrected chi connectivity index (χ0v) is 15.1. The van der Waals surface area contributed by atoms with Gasteiger partial charge < -0.3 is 10.5 Å². The molecule has 3 nitrogen and oxygen atoms in total. The molecule has 0 atom stereocenters. The van der Waals surface area contributed by atoms with Crippen molar-refractivity contribution >= 4 is 5.97 Å². The number of unbranched alkanes of at least 4 members (excludes halogenated alkanes) is 9. The zero-order chi connectivity index (χ0) is 17.0. The van der Waals surface area contributed by atoms with Crippen molar-refractivity contribution in [2.75, 3.05) is 13.2 Å². The molecule has 0 amide bonds. The number of rotatable bonds is 16. The van der Waals surface area contributed by atoms with Crippen molar-refractivity contribution < 1.29 is 9.53 Å². The van der Waals surface area contributed by atoms with E-state index < -0.39 is 0 Å². The molecule has 0 saturated carbocycles. The molecule has 0 fully saturated rings. The van der Waals surface area contributed by atoms with Crippen molar-refractivity contribution in [3.8, 4) is 0 Å². The van der Waals surface area contributed by atoms with Crippen molar-refractivity contribution in [1.29, 1.82) is 0 Å². The number of nitrogens with two attached hydrogens (primary N) is 1. The Labute approximate surface area is 143 Å². The number of carbonyl (C=O) groups excluding carboxylic acids is 1. The normalized spacial score (nSPS) is 11.6. The lowest BCUT2D eigenvalue weighted by Crippen LogP contribution is -2.17. The minimum absolute atomic E-state index is 0.0117. The second-order valence-electron chi connectivity index (χ2n) is 6.01. The van der Waals surface area contributed by atoms with E-state index in [-0.39, 0.29) is 12.5 Å². The Morgan fingerprint density at radius 2 is 1.39 bits per heavy atom. The SMILES string of the molecule is CCCCC/C=C\C/C=C\CCCCCCCCOC(=O)CN. The predicted octanol–water partition coefficient (Wildman–Crippen LogP) is 5.30. The molecule has 0 spiro atoms. The number of allylic oxidation sites excluding steroid dienone is 4. The first-order chi connectivity index (χ1) is 11.3. The van der Waals surface area contributed by atoms with Crippen molar-refractivity contribution in [2.24, 2.45) is 5.73 Å². The summed E-state index contributed by atoms with van der Waals surface area (Å²) in [6, 6.07) is 0. The molecule has 0 saturated heterocycles. The Morgan fingerprint density at radius 1 is 0.826 bits per heavy atom. The summed E-state index contributed by atoms with van der Waals surface area (Å²) in [6.07, 6.45) is 23.8. The maximum atomic E-state index is 10.8. The fourth-order valence-corrected chi connectivity index (χ4v) is 2.34. The van der Waals surface area contributed by atoms with Crippen molar-refractivity contribution in [1.82, 2.24) is 0 Å². The second-order valence-corrected chi connectivity index (χ2v) is 6.01. The van der Waals surface area contributed by atoms with Crippen LogP contribution in [0.4, 0.5) is 0 Å². The van der Waals surface area contributed by atoms with Crippen LogP contribution in [-0.2, 0) is 9.53 Å². The second kappa shape index (κ2) is 19.0. The molecular weight excluding hydrogens is 286 g/mol. The quantitative estimate of drug-likeness (QED) is 0.238. The molecule has 0 aliphatic carbocycles. The molecule has 23 heavy (non-hydrogen) atoms. The summed E-state index contributed by atoms with van der Waals surface area (Å²) in [6.45, 7) is 2.75. The van der Waals surface area contributed by atoms with Gasteiger partial charge in [0.1, 0.15) is 0 Å². The van der Waals surface area contributed by atoms with Gasteiger partial charge in [0.05, 0.1) is 13.2 Å². The molecule has 0 unspecified atom stereocenters. The lowest BCUT2D eigenvalue weighted by atomic mass is 10.1. The standard InChI is InChI=1S/C20H37NO2/c1-2-3-4-5-6-7-8-9-10-11-12-13-14-15-16-17-18-23-20(22)19-21/h6-7,9-10H,2-5,8,11-19,21H2,1H3/b7-6-,10-9-. The van der Waals surface area contributed by atoms with Gasteiger partial charge in [0.15, 0.2) is 0 Å². The van der Waals surface area contributed by atoms with Gasteiger partial charge in [-0.15, -0.1) is 0 Å². The third kappa shape index (κ3) is 18.9. The van der Waals surface area contributed by atoms with E-state index in [1.807, 2.05) is 0 Å². The molecule has 0 aromatic rings. The van der Waals surface area contributed by atoms with E-state index in [1.165, 1.54) is 57.8 Å². The predicted molar refractivity (Wildman–Crippen MR) is 99.4 cm³/mol. The van der Waals surface area contributed by atoms with E-state index in [1.54, 1.807) is 0 Å². The van der Waals surface area contributed by atoms with Crippen LogP contribution in [-0.4, -0.2) is 19.1 Å². The van der Waals surface area contributed by atoms with E-state index in [0.29, 0.717) is 6.61 Å². The lowest BCUT2D eigenvalue weighted by molar-refractivity contribution is -0.142. The summed E-state index contributed by atoms with van der Waals surface area (Å²) in [5.41, 5.74) is 5.16. The van der Waals surface area contributed by atoms with E-state index in [2.05, 4.69) is 31.2 Å². The smallest absolute Gasteiger partial charge is 0.319 e. The fraction of sp³-hybridized carbons (Fsp3) is 0.750. The Kier molecular flexibility index (Phi) is 18.1. The van der Waals surface area contributed by atoms with Gasteiger partial charge in [0.2, 0.25) is 0 Å². The first-order valence-corrected chi connectivity index (χ1v) is 9.47. The summed E-state index contributed by atoms with van der Waals surface area (Å²) in [7, 11) is 0. The first-order valence-electron chi connectivity index (χ1n) is 9.47. The van der Waals surface area contributed by atoms with Crippen LogP contribution < -0.4 is 5.73 Å². The van der Waals surface area contributed by atoms with Crippen molar-refractivity contribution in [3.05, 3.63) is 24.3 Å². The highest BCUT2D eigenvalue weighted by Crippen LogP contribution is 2.08. The van der Waals surface area contributed by atoms with Gasteiger partial charge in [-0.3, -0.25) is 4.79 Å². The minimum Gasteiger partial charge on any atom is -0.465 e. The van der Waals surface area contributed by atoms with Gasteiger partial charge >= 0.3 is 5.97 Å². The number of hydrogen-bond acceptors (Lipinski definition) is 3. The molecule has 2 N–H and O–H groups in total. The van der Waals surface area contributed by atoms with Gasteiger partial charge in [-0.25, -0.2) is 0 Å². The van der Waals surface area contributed by atoms with Crippen LogP contribution in [0.3, 0.4) is 0 Å². The number of hydrogen-bond donors (Lipinski definition) is 1. The van der Waals surface area contributed by atoms with Crippen LogP contribution in [0.2, 0.25) is 0 Å². The van der Waals surface area contributed by atoms with Crippen LogP contribution in [0, 0.1) is 0 Å². The van der Waals surface area contributed by atoms with E-state index in [0.717, 1.165) is 19.3 Å². The summed E-state index contributed by atoms with van der Waals surface area (Å²) >= 11 is 0. The number of ether oxygens (including phenoxy) is 1. The molecule has 134 valence electrons. The van der Waals surface area contributed by atoms with Crippen LogP contribution in [0.1, 0.15) is 84.0 Å². The summed E-state index contributed by atoms with van der Waals surface area (Å²) in [4.78, 5) is 10.8. The minimum atomic E-state index is -0.299.